The fraction of sp³-hybridized carbons (Fsp3) is 0.192. The van der Waals surface area contributed by atoms with Crippen LogP contribution in [0.1, 0.15) is 43.8 Å². The number of amides is 1. The maximum atomic E-state index is 12.9. The first-order valence-corrected chi connectivity index (χ1v) is 11.4. The molecule has 33 heavy (non-hydrogen) atoms. The predicted octanol–water partition coefficient (Wildman–Crippen LogP) is 5.93. The van der Waals surface area contributed by atoms with Crippen molar-refractivity contribution in [1.82, 2.24) is 9.97 Å². The Hall–Kier alpha value is -3.71. The summed E-state index contributed by atoms with van der Waals surface area (Å²) in [4.78, 5) is 23.2. The van der Waals surface area contributed by atoms with Gasteiger partial charge in [-0.2, -0.15) is 0 Å². The minimum Gasteiger partial charge on any atom is -0.496 e. The molecule has 0 saturated heterocycles. The standard InChI is InChI=1S/C26H26N4O2S/c1-16-14-17(2)28-26(27-16)29-23(20-12-8-9-13-22(20)32-4)21-15-18(3)33-25(21)30-24(31)19-10-6-5-7-11-19/h5-15,23H,1-4H3,(H,30,31)(H,27,28,29). The zero-order chi connectivity index (χ0) is 23.4. The fourth-order valence-corrected chi connectivity index (χ4v) is 4.70. The van der Waals surface area contributed by atoms with Crippen LogP contribution in [0.15, 0.2) is 66.7 Å². The molecule has 1 unspecified atom stereocenters. The summed E-state index contributed by atoms with van der Waals surface area (Å²) in [6.45, 7) is 5.91. The number of para-hydroxylation sites is 1. The van der Waals surface area contributed by atoms with Crippen molar-refractivity contribution in [1.29, 1.82) is 0 Å². The van der Waals surface area contributed by atoms with E-state index in [2.05, 4.69) is 26.7 Å². The maximum Gasteiger partial charge on any atom is 0.256 e. The van der Waals surface area contributed by atoms with Crippen LogP contribution in [0.5, 0.6) is 5.75 Å². The SMILES string of the molecule is COc1ccccc1C(Nc1nc(C)cc(C)n1)c1cc(C)sc1NC(=O)c1ccccc1. The van der Waals surface area contributed by atoms with E-state index >= 15 is 0 Å². The summed E-state index contributed by atoms with van der Waals surface area (Å²) in [7, 11) is 1.65. The molecule has 4 rings (SSSR count). The number of rotatable bonds is 7. The fourth-order valence-electron chi connectivity index (χ4n) is 3.76. The summed E-state index contributed by atoms with van der Waals surface area (Å²) in [6.07, 6.45) is 0. The normalized spacial score (nSPS) is 11.6. The first-order valence-electron chi connectivity index (χ1n) is 10.6. The van der Waals surface area contributed by atoms with Gasteiger partial charge in [0.05, 0.1) is 13.2 Å². The van der Waals surface area contributed by atoms with Crippen molar-refractivity contribution < 1.29 is 9.53 Å². The minimum atomic E-state index is -0.335. The molecule has 2 aromatic carbocycles. The van der Waals surface area contributed by atoms with Gasteiger partial charge in [-0.15, -0.1) is 11.3 Å². The third-order valence-electron chi connectivity index (χ3n) is 5.16. The summed E-state index contributed by atoms with van der Waals surface area (Å²) >= 11 is 1.54. The lowest BCUT2D eigenvalue weighted by atomic mass is 9.99. The van der Waals surface area contributed by atoms with Gasteiger partial charge in [0.2, 0.25) is 5.95 Å². The molecule has 2 aromatic heterocycles. The highest BCUT2D eigenvalue weighted by molar-refractivity contribution is 7.16. The molecule has 1 atom stereocenters. The van der Waals surface area contributed by atoms with Gasteiger partial charge in [0, 0.05) is 33.0 Å². The number of benzene rings is 2. The van der Waals surface area contributed by atoms with Crippen molar-refractivity contribution in [2.45, 2.75) is 26.8 Å². The first kappa shape index (κ1) is 22.5. The third kappa shape index (κ3) is 5.21. The number of hydrogen-bond acceptors (Lipinski definition) is 6. The number of aromatic nitrogens is 2. The van der Waals surface area contributed by atoms with Crippen LogP contribution in [0, 0.1) is 20.8 Å². The Bertz CT molecular complexity index is 1250. The molecular formula is C26H26N4O2S. The summed E-state index contributed by atoms with van der Waals surface area (Å²) in [6, 6.07) is 20.7. The van der Waals surface area contributed by atoms with Gasteiger partial charge < -0.3 is 15.4 Å². The van der Waals surface area contributed by atoms with Crippen molar-refractivity contribution in [3.05, 3.63) is 99.7 Å². The van der Waals surface area contributed by atoms with Gasteiger partial charge in [-0.1, -0.05) is 36.4 Å². The number of methoxy groups -OCH3 is 1. The molecule has 0 bridgehead atoms. The van der Waals surface area contributed by atoms with Crippen LogP contribution in [0.2, 0.25) is 0 Å². The van der Waals surface area contributed by atoms with Crippen molar-refractivity contribution in [2.75, 3.05) is 17.7 Å². The average Bonchev–Trinajstić information content (AvgIpc) is 3.17. The van der Waals surface area contributed by atoms with E-state index in [9.17, 15) is 4.79 Å². The molecule has 168 valence electrons. The molecule has 0 aliphatic carbocycles. The second kappa shape index (κ2) is 9.83. The van der Waals surface area contributed by atoms with Gasteiger partial charge in [-0.05, 0) is 51.1 Å². The zero-order valence-corrected chi connectivity index (χ0v) is 19.9. The number of hydrogen-bond donors (Lipinski definition) is 2. The quantitative estimate of drug-likeness (QED) is 0.359. The van der Waals surface area contributed by atoms with E-state index in [4.69, 9.17) is 4.74 Å². The third-order valence-corrected chi connectivity index (χ3v) is 6.15. The van der Waals surface area contributed by atoms with E-state index in [1.165, 1.54) is 11.3 Å². The monoisotopic (exact) mass is 458 g/mol. The highest BCUT2D eigenvalue weighted by Gasteiger charge is 2.25. The number of thiophene rings is 1. The summed E-state index contributed by atoms with van der Waals surface area (Å²) in [5.41, 5.74) is 4.21. The Balaban J connectivity index is 1.78. The van der Waals surface area contributed by atoms with Crippen LogP contribution >= 0.6 is 11.3 Å². The van der Waals surface area contributed by atoms with E-state index in [1.54, 1.807) is 19.2 Å². The average molecular weight is 459 g/mol. The molecule has 1 amide bonds. The molecule has 6 nitrogen and oxygen atoms in total. The number of ether oxygens (including phenoxy) is 1. The smallest absolute Gasteiger partial charge is 0.256 e. The lowest BCUT2D eigenvalue weighted by molar-refractivity contribution is 0.102. The van der Waals surface area contributed by atoms with Gasteiger partial charge >= 0.3 is 0 Å². The molecule has 7 heteroatoms. The van der Waals surface area contributed by atoms with Gasteiger partial charge in [-0.25, -0.2) is 9.97 Å². The second-order valence-corrected chi connectivity index (χ2v) is 9.01. The van der Waals surface area contributed by atoms with Crippen LogP contribution in [0.3, 0.4) is 0 Å². The Morgan fingerprint density at radius 3 is 2.27 bits per heavy atom. The van der Waals surface area contributed by atoms with E-state index in [-0.39, 0.29) is 11.9 Å². The van der Waals surface area contributed by atoms with Crippen LogP contribution in [-0.4, -0.2) is 23.0 Å². The highest BCUT2D eigenvalue weighted by atomic mass is 32.1. The number of aryl methyl sites for hydroxylation is 3. The van der Waals surface area contributed by atoms with Gasteiger partial charge in [0.15, 0.2) is 0 Å². The summed E-state index contributed by atoms with van der Waals surface area (Å²) in [5.74, 6) is 1.11. The Kier molecular flexibility index (Phi) is 6.70. The topological polar surface area (TPSA) is 76.1 Å². The molecule has 0 fully saturated rings. The Morgan fingerprint density at radius 2 is 1.58 bits per heavy atom. The summed E-state index contributed by atoms with van der Waals surface area (Å²) in [5, 5.41) is 7.36. The van der Waals surface area contributed by atoms with Gasteiger partial charge in [0.25, 0.3) is 5.91 Å². The van der Waals surface area contributed by atoms with E-state index in [0.29, 0.717) is 11.5 Å². The lowest BCUT2D eigenvalue weighted by Crippen LogP contribution is -2.18. The summed E-state index contributed by atoms with van der Waals surface area (Å²) < 4.78 is 5.67. The molecule has 2 N–H and O–H groups in total. The molecule has 4 aromatic rings. The predicted molar refractivity (Wildman–Crippen MR) is 133 cm³/mol. The molecule has 0 aliphatic rings. The van der Waals surface area contributed by atoms with E-state index in [0.717, 1.165) is 38.1 Å². The van der Waals surface area contributed by atoms with Crippen LogP contribution in [0.25, 0.3) is 0 Å². The van der Waals surface area contributed by atoms with Gasteiger partial charge in [0.1, 0.15) is 10.8 Å². The number of carbonyl (C=O) groups excluding carboxylic acids is 1. The van der Waals surface area contributed by atoms with Crippen LogP contribution in [0.4, 0.5) is 10.9 Å². The number of carbonyl (C=O) groups is 1. The lowest BCUT2D eigenvalue weighted by Gasteiger charge is -2.22. The zero-order valence-electron chi connectivity index (χ0n) is 19.0. The Labute approximate surface area is 197 Å². The molecule has 2 heterocycles. The van der Waals surface area contributed by atoms with Crippen LogP contribution in [-0.2, 0) is 0 Å². The van der Waals surface area contributed by atoms with E-state index < -0.39 is 0 Å². The van der Waals surface area contributed by atoms with E-state index in [1.807, 2.05) is 69.3 Å². The first-order chi connectivity index (χ1) is 15.9. The second-order valence-electron chi connectivity index (χ2n) is 7.76. The number of nitrogens with one attached hydrogen (secondary N) is 2. The minimum absolute atomic E-state index is 0.153. The molecule has 0 aliphatic heterocycles. The van der Waals surface area contributed by atoms with Crippen molar-refractivity contribution in [2.24, 2.45) is 0 Å². The van der Waals surface area contributed by atoms with Crippen molar-refractivity contribution >= 4 is 28.2 Å². The maximum absolute atomic E-state index is 12.9. The largest absolute Gasteiger partial charge is 0.496 e. The van der Waals surface area contributed by atoms with Gasteiger partial charge in [-0.3, -0.25) is 4.79 Å². The molecule has 0 radical (unpaired) electrons. The van der Waals surface area contributed by atoms with Crippen molar-refractivity contribution in [3.63, 3.8) is 0 Å². The Morgan fingerprint density at radius 1 is 0.909 bits per heavy atom. The van der Waals surface area contributed by atoms with Crippen LogP contribution < -0.4 is 15.4 Å². The van der Waals surface area contributed by atoms with Crippen molar-refractivity contribution in [3.8, 4) is 5.75 Å². The number of nitrogens with zero attached hydrogens (tertiary/aromatic N) is 2. The highest BCUT2D eigenvalue weighted by Crippen LogP contribution is 2.40. The number of anilines is 2. The molecule has 0 spiro atoms. The molecule has 0 saturated carbocycles. The molecular weight excluding hydrogens is 432 g/mol.